The van der Waals surface area contributed by atoms with Crippen molar-refractivity contribution >= 4 is 5.91 Å². The Balaban J connectivity index is 2.53. The minimum absolute atomic E-state index is 0.0552. The van der Waals surface area contributed by atoms with Crippen molar-refractivity contribution in [2.24, 2.45) is 5.92 Å². The van der Waals surface area contributed by atoms with Crippen molar-refractivity contribution < 1.29 is 23.4 Å². The first-order valence-corrected chi connectivity index (χ1v) is 6.36. The molecule has 6 heteroatoms. The van der Waals surface area contributed by atoms with Crippen LogP contribution in [0.25, 0.3) is 0 Å². The number of amides is 1. The van der Waals surface area contributed by atoms with Gasteiger partial charge in [-0.05, 0) is 23.6 Å². The van der Waals surface area contributed by atoms with Crippen molar-refractivity contribution in [3.8, 4) is 5.75 Å². The molecular weight excluding hydrogens is 268 g/mol. The summed E-state index contributed by atoms with van der Waals surface area (Å²) in [5.41, 5.74) is 0.685. The van der Waals surface area contributed by atoms with Gasteiger partial charge in [0.2, 0.25) is 5.91 Å². The van der Waals surface area contributed by atoms with Gasteiger partial charge in [-0.2, -0.15) is 8.78 Å². The van der Waals surface area contributed by atoms with Crippen molar-refractivity contribution in [2.45, 2.75) is 32.9 Å². The summed E-state index contributed by atoms with van der Waals surface area (Å²) >= 11 is 0. The van der Waals surface area contributed by atoms with Crippen LogP contribution in [0.15, 0.2) is 24.3 Å². The first-order valence-electron chi connectivity index (χ1n) is 6.36. The molecule has 0 aliphatic carbocycles. The second-order valence-corrected chi connectivity index (χ2v) is 4.80. The highest BCUT2D eigenvalue weighted by atomic mass is 19.3. The highest BCUT2D eigenvalue weighted by Gasteiger charge is 2.15. The van der Waals surface area contributed by atoms with E-state index in [0.717, 1.165) is 0 Å². The number of alkyl halides is 2. The maximum absolute atomic E-state index is 12.0. The van der Waals surface area contributed by atoms with E-state index in [0.29, 0.717) is 5.56 Å². The number of hydrogen-bond donors (Lipinski definition) is 2. The summed E-state index contributed by atoms with van der Waals surface area (Å²) in [6.07, 6.45) is 0.123. The number of aliphatic hydroxyl groups excluding tert-OH is 1. The van der Waals surface area contributed by atoms with E-state index < -0.39 is 6.61 Å². The molecule has 0 fully saturated rings. The van der Waals surface area contributed by atoms with Crippen LogP contribution >= 0.6 is 0 Å². The first kappa shape index (κ1) is 16.4. The molecule has 1 atom stereocenters. The van der Waals surface area contributed by atoms with Crippen LogP contribution in [0.5, 0.6) is 5.75 Å². The van der Waals surface area contributed by atoms with Crippen molar-refractivity contribution in [1.82, 2.24) is 5.32 Å². The third-order valence-corrected chi connectivity index (χ3v) is 2.86. The molecule has 0 saturated carbocycles. The molecule has 2 N–H and O–H groups in total. The normalized spacial score (nSPS) is 12.6. The van der Waals surface area contributed by atoms with Gasteiger partial charge in [-0.1, -0.05) is 26.0 Å². The highest BCUT2D eigenvalue weighted by molar-refractivity contribution is 5.78. The molecule has 0 saturated heterocycles. The summed E-state index contributed by atoms with van der Waals surface area (Å²) in [5.74, 6) is -0.0365. The van der Waals surface area contributed by atoms with E-state index in [1.165, 1.54) is 12.1 Å². The van der Waals surface area contributed by atoms with Crippen molar-refractivity contribution in [3.05, 3.63) is 29.8 Å². The Morgan fingerprint density at radius 2 is 1.90 bits per heavy atom. The average molecular weight is 287 g/mol. The van der Waals surface area contributed by atoms with Crippen LogP contribution in [0, 0.1) is 5.92 Å². The Labute approximate surface area is 116 Å². The lowest BCUT2D eigenvalue weighted by Crippen LogP contribution is -2.41. The molecule has 0 aliphatic heterocycles. The quantitative estimate of drug-likeness (QED) is 0.806. The minimum Gasteiger partial charge on any atom is -0.435 e. The molecule has 0 unspecified atom stereocenters. The molecule has 4 nitrogen and oxygen atoms in total. The molecule has 0 heterocycles. The second-order valence-electron chi connectivity index (χ2n) is 4.80. The number of aliphatic hydroxyl groups is 1. The van der Waals surface area contributed by atoms with Crippen molar-refractivity contribution in [3.63, 3.8) is 0 Å². The monoisotopic (exact) mass is 287 g/mol. The number of rotatable bonds is 7. The maximum Gasteiger partial charge on any atom is 0.387 e. The van der Waals surface area contributed by atoms with Crippen LogP contribution in [0.2, 0.25) is 0 Å². The lowest BCUT2D eigenvalue weighted by molar-refractivity contribution is -0.121. The van der Waals surface area contributed by atoms with E-state index in [9.17, 15) is 13.6 Å². The van der Waals surface area contributed by atoms with E-state index >= 15 is 0 Å². The third kappa shape index (κ3) is 5.52. The summed E-state index contributed by atoms with van der Waals surface area (Å²) in [6, 6.07) is 5.60. The van der Waals surface area contributed by atoms with Crippen LogP contribution in [0.3, 0.4) is 0 Å². The van der Waals surface area contributed by atoms with Gasteiger partial charge < -0.3 is 15.2 Å². The average Bonchev–Trinajstić information content (AvgIpc) is 2.37. The van der Waals surface area contributed by atoms with Crippen LogP contribution < -0.4 is 10.1 Å². The maximum atomic E-state index is 12.0. The number of hydrogen-bond acceptors (Lipinski definition) is 3. The predicted octanol–water partition coefficient (Wildman–Crippen LogP) is 1.96. The highest BCUT2D eigenvalue weighted by Crippen LogP contribution is 2.15. The third-order valence-electron chi connectivity index (χ3n) is 2.86. The number of nitrogens with one attached hydrogen (secondary N) is 1. The van der Waals surface area contributed by atoms with E-state index in [-0.39, 0.29) is 36.6 Å². The van der Waals surface area contributed by atoms with E-state index in [4.69, 9.17) is 5.11 Å². The molecule has 20 heavy (non-hydrogen) atoms. The van der Waals surface area contributed by atoms with Gasteiger partial charge in [-0.25, -0.2) is 0 Å². The van der Waals surface area contributed by atoms with Gasteiger partial charge in [-0.3, -0.25) is 4.79 Å². The summed E-state index contributed by atoms with van der Waals surface area (Å²) in [5, 5.41) is 11.9. The topological polar surface area (TPSA) is 58.6 Å². The molecule has 0 aromatic heterocycles. The smallest absolute Gasteiger partial charge is 0.387 e. The largest absolute Gasteiger partial charge is 0.435 e. The Hall–Kier alpha value is -1.69. The van der Waals surface area contributed by atoms with Gasteiger partial charge >= 0.3 is 6.61 Å². The number of benzene rings is 1. The number of halogens is 2. The number of carbonyl (C=O) groups is 1. The molecule has 0 spiro atoms. The fourth-order valence-electron chi connectivity index (χ4n) is 1.66. The summed E-state index contributed by atoms with van der Waals surface area (Å²) in [6.45, 7) is 0.820. The zero-order chi connectivity index (χ0) is 15.1. The molecule has 0 bridgehead atoms. The molecule has 1 aromatic rings. The zero-order valence-electron chi connectivity index (χ0n) is 11.5. The van der Waals surface area contributed by atoms with Gasteiger partial charge in [0.05, 0.1) is 19.1 Å². The Kier molecular flexibility index (Phi) is 6.38. The molecule has 0 radical (unpaired) electrons. The standard InChI is InChI=1S/C14H19F2NO3/c1-9(2)12(8-18)17-13(19)7-10-3-5-11(6-4-10)20-14(15)16/h3-6,9,12,14,18H,7-8H2,1-2H3,(H,17,19)/t12-/m1/s1. The Bertz CT molecular complexity index is 421. The summed E-state index contributed by atoms with van der Waals surface area (Å²) < 4.78 is 28.2. The van der Waals surface area contributed by atoms with E-state index in [1.807, 2.05) is 13.8 Å². The minimum atomic E-state index is -2.86. The first-order chi connectivity index (χ1) is 9.42. The molecule has 112 valence electrons. The van der Waals surface area contributed by atoms with Gasteiger partial charge in [0.25, 0.3) is 0 Å². The fraction of sp³-hybridized carbons (Fsp3) is 0.500. The summed E-state index contributed by atoms with van der Waals surface area (Å²) in [7, 11) is 0. The fourth-order valence-corrected chi connectivity index (χ4v) is 1.66. The molecule has 1 aromatic carbocycles. The van der Waals surface area contributed by atoms with Crippen molar-refractivity contribution in [2.75, 3.05) is 6.61 Å². The summed E-state index contributed by atoms with van der Waals surface area (Å²) in [4.78, 5) is 11.8. The molecular formula is C14H19F2NO3. The number of ether oxygens (including phenoxy) is 1. The molecule has 1 amide bonds. The second kappa shape index (κ2) is 7.79. The van der Waals surface area contributed by atoms with Crippen LogP contribution in [0.1, 0.15) is 19.4 Å². The molecule has 0 aliphatic rings. The lowest BCUT2D eigenvalue weighted by atomic mass is 10.0. The van der Waals surface area contributed by atoms with Crippen molar-refractivity contribution in [1.29, 1.82) is 0 Å². The van der Waals surface area contributed by atoms with Crippen LogP contribution in [-0.2, 0) is 11.2 Å². The zero-order valence-corrected chi connectivity index (χ0v) is 11.5. The van der Waals surface area contributed by atoms with Crippen LogP contribution in [0.4, 0.5) is 8.78 Å². The Morgan fingerprint density at radius 1 is 1.30 bits per heavy atom. The van der Waals surface area contributed by atoms with Crippen LogP contribution in [-0.4, -0.2) is 30.3 Å². The Morgan fingerprint density at radius 3 is 2.35 bits per heavy atom. The predicted molar refractivity (Wildman–Crippen MR) is 70.6 cm³/mol. The van der Waals surface area contributed by atoms with E-state index in [1.54, 1.807) is 12.1 Å². The molecule has 1 rings (SSSR count). The SMILES string of the molecule is CC(C)[C@@H](CO)NC(=O)Cc1ccc(OC(F)F)cc1. The van der Waals surface area contributed by atoms with Gasteiger partial charge in [-0.15, -0.1) is 0 Å². The van der Waals surface area contributed by atoms with Gasteiger partial charge in [0.15, 0.2) is 0 Å². The van der Waals surface area contributed by atoms with Gasteiger partial charge in [0, 0.05) is 0 Å². The number of carbonyl (C=O) groups excluding carboxylic acids is 1. The van der Waals surface area contributed by atoms with E-state index in [2.05, 4.69) is 10.1 Å². The van der Waals surface area contributed by atoms with Gasteiger partial charge in [0.1, 0.15) is 5.75 Å². The lowest BCUT2D eigenvalue weighted by Gasteiger charge is -2.19.